The van der Waals surface area contributed by atoms with Crippen LogP contribution in [0.5, 0.6) is 0 Å². The number of rotatable bonds is 3. The van der Waals surface area contributed by atoms with Crippen molar-refractivity contribution in [3.63, 3.8) is 0 Å². The van der Waals surface area contributed by atoms with Crippen LogP contribution in [0, 0.1) is 11.7 Å². The highest BCUT2D eigenvalue weighted by Crippen LogP contribution is 2.36. The Kier molecular flexibility index (Phi) is 3.63. The molecule has 110 valence electrons. The number of nitrogen functional groups attached to an aromatic ring is 1. The molecule has 0 aliphatic heterocycles. The van der Waals surface area contributed by atoms with Crippen molar-refractivity contribution in [1.82, 2.24) is 9.55 Å². The Labute approximate surface area is 131 Å². The van der Waals surface area contributed by atoms with Gasteiger partial charge in [0, 0.05) is 10.9 Å². The van der Waals surface area contributed by atoms with Gasteiger partial charge in [-0.1, -0.05) is 31.5 Å². The Balaban J connectivity index is 2.27. The van der Waals surface area contributed by atoms with Crippen molar-refractivity contribution in [3.05, 3.63) is 45.4 Å². The van der Waals surface area contributed by atoms with E-state index in [0.717, 1.165) is 0 Å². The van der Waals surface area contributed by atoms with Gasteiger partial charge in [-0.15, -0.1) is 11.3 Å². The largest absolute Gasteiger partial charge is 0.369 e. The number of halogens is 2. The molecule has 6 heteroatoms. The van der Waals surface area contributed by atoms with Crippen molar-refractivity contribution >= 4 is 39.9 Å². The number of hydrogen-bond acceptors (Lipinski definition) is 3. The fraction of sp³-hybridized carbons (Fsp3) is 0.267. The zero-order valence-corrected chi connectivity index (χ0v) is 13.2. The summed E-state index contributed by atoms with van der Waals surface area (Å²) in [5, 5.41) is 2.08. The van der Waals surface area contributed by atoms with E-state index in [-0.39, 0.29) is 11.1 Å². The summed E-state index contributed by atoms with van der Waals surface area (Å²) in [7, 11) is 0. The van der Waals surface area contributed by atoms with E-state index in [1.807, 2.05) is 16.0 Å². The highest BCUT2D eigenvalue weighted by atomic mass is 35.5. The highest BCUT2D eigenvalue weighted by molar-refractivity contribution is 7.10. The molecule has 0 fully saturated rings. The minimum atomic E-state index is -0.459. The Morgan fingerprint density at radius 1 is 1.38 bits per heavy atom. The maximum absolute atomic E-state index is 13.8. The second-order valence-electron chi connectivity index (χ2n) is 5.30. The van der Waals surface area contributed by atoms with Crippen LogP contribution >= 0.6 is 22.9 Å². The van der Waals surface area contributed by atoms with Crippen LogP contribution in [0.2, 0.25) is 5.02 Å². The molecule has 0 aliphatic carbocycles. The Bertz CT molecular complexity index is 780. The van der Waals surface area contributed by atoms with E-state index in [0.29, 0.717) is 22.9 Å². The van der Waals surface area contributed by atoms with Crippen molar-refractivity contribution in [2.45, 2.75) is 19.9 Å². The first-order chi connectivity index (χ1) is 9.99. The zero-order valence-electron chi connectivity index (χ0n) is 11.7. The second-order valence-corrected chi connectivity index (χ2v) is 6.69. The van der Waals surface area contributed by atoms with E-state index < -0.39 is 5.82 Å². The first-order valence-electron chi connectivity index (χ1n) is 6.65. The molecule has 0 saturated heterocycles. The van der Waals surface area contributed by atoms with Gasteiger partial charge in [0.2, 0.25) is 5.95 Å². The average molecular weight is 324 g/mol. The van der Waals surface area contributed by atoms with Gasteiger partial charge in [-0.05, 0) is 23.4 Å². The molecule has 0 amide bonds. The monoisotopic (exact) mass is 323 g/mol. The number of nitrogens with zero attached hydrogens (tertiary/aromatic N) is 2. The molecule has 1 atom stereocenters. The predicted octanol–water partition coefficient (Wildman–Crippen LogP) is 4.72. The molecule has 3 aromatic rings. The van der Waals surface area contributed by atoms with Crippen molar-refractivity contribution in [1.29, 1.82) is 0 Å². The van der Waals surface area contributed by atoms with E-state index in [2.05, 4.69) is 24.9 Å². The van der Waals surface area contributed by atoms with Crippen LogP contribution in [-0.4, -0.2) is 9.55 Å². The third kappa shape index (κ3) is 2.40. The summed E-state index contributed by atoms with van der Waals surface area (Å²) in [6, 6.07) is 7.01. The third-order valence-corrected chi connectivity index (χ3v) is 4.74. The molecule has 3 rings (SSSR count). The van der Waals surface area contributed by atoms with Crippen molar-refractivity contribution in [2.24, 2.45) is 5.92 Å². The van der Waals surface area contributed by atoms with Gasteiger partial charge < -0.3 is 10.3 Å². The normalized spacial score (nSPS) is 13.2. The fourth-order valence-corrected chi connectivity index (χ4v) is 3.76. The molecule has 1 aromatic carbocycles. The van der Waals surface area contributed by atoms with E-state index in [1.165, 1.54) is 17.0 Å². The third-order valence-electron chi connectivity index (χ3n) is 3.50. The summed E-state index contributed by atoms with van der Waals surface area (Å²) in [5.41, 5.74) is 7.37. The lowest BCUT2D eigenvalue weighted by atomic mass is 10.0. The lowest BCUT2D eigenvalue weighted by Gasteiger charge is -2.23. The molecule has 1 unspecified atom stereocenters. The number of nitrogens with two attached hydrogens (primary N) is 1. The van der Waals surface area contributed by atoms with Crippen LogP contribution < -0.4 is 5.73 Å². The number of anilines is 1. The molecular formula is C15H15ClFN3S. The van der Waals surface area contributed by atoms with E-state index in [4.69, 9.17) is 17.3 Å². The van der Waals surface area contributed by atoms with Crippen LogP contribution in [0.3, 0.4) is 0 Å². The summed E-state index contributed by atoms with van der Waals surface area (Å²) < 4.78 is 15.7. The second kappa shape index (κ2) is 5.31. The number of hydrogen-bond donors (Lipinski definition) is 1. The Morgan fingerprint density at radius 2 is 2.14 bits per heavy atom. The summed E-state index contributed by atoms with van der Waals surface area (Å²) >= 11 is 7.49. The summed E-state index contributed by atoms with van der Waals surface area (Å²) in [5.74, 6) is 0.208. The Morgan fingerprint density at radius 3 is 2.76 bits per heavy atom. The number of imidazole rings is 1. The predicted molar refractivity (Wildman–Crippen MR) is 86.4 cm³/mol. The zero-order chi connectivity index (χ0) is 15.1. The van der Waals surface area contributed by atoms with Gasteiger partial charge in [-0.25, -0.2) is 9.37 Å². The topological polar surface area (TPSA) is 43.8 Å². The van der Waals surface area contributed by atoms with Crippen LogP contribution in [0.1, 0.15) is 24.8 Å². The van der Waals surface area contributed by atoms with Gasteiger partial charge >= 0.3 is 0 Å². The molecule has 0 saturated carbocycles. The van der Waals surface area contributed by atoms with Gasteiger partial charge in [-0.2, -0.15) is 0 Å². The van der Waals surface area contributed by atoms with Gasteiger partial charge in [0.25, 0.3) is 0 Å². The maximum Gasteiger partial charge on any atom is 0.201 e. The maximum atomic E-state index is 13.8. The van der Waals surface area contributed by atoms with Crippen LogP contribution in [0.25, 0.3) is 11.0 Å². The molecule has 2 aromatic heterocycles. The summed E-state index contributed by atoms with van der Waals surface area (Å²) in [6.07, 6.45) is 0. The lowest BCUT2D eigenvalue weighted by Crippen LogP contribution is -2.17. The van der Waals surface area contributed by atoms with E-state index in [9.17, 15) is 4.39 Å². The molecule has 0 spiro atoms. The quantitative estimate of drug-likeness (QED) is 0.758. The number of fused-ring (bicyclic) bond motifs is 1. The molecule has 0 bridgehead atoms. The van der Waals surface area contributed by atoms with Gasteiger partial charge in [-0.3, -0.25) is 0 Å². The first kappa shape index (κ1) is 14.4. The van der Waals surface area contributed by atoms with Gasteiger partial charge in [0.15, 0.2) is 0 Å². The standard InChI is InChI=1S/C15H15ClFN3S/c1-8(2)14(13-4-3-5-21-13)20-12-7-10(17)9(16)6-11(12)19-15(20)18/h3-8,14H,1-2H3,(H2,18,19). The fourth-order valence-electron chi connectivity index (χ4n) is 2.61. The van der Waals surface area contributed by atoms with Gasteiger partial charge in [0.05, 0.1) is 22.1 Å². The van der Waals surface area contributed by atoms with Gasteiger partial charge in [0.1, 0.15) is 5.82 Å². The molecular weight excluding hydrogens is 309 g/mol. The smallest absolute Gasteiger partial charge is 0.201 e. The molecule has 3 nitrogen and oxygen atoms in total. The van der Waals surface area contributed by atoms with Crippen LogP contribution in [0.4, 0.5) is 10.3 Å². The van der Waals surface area contributed by atoms with Crippen LogP contribution in [0.15, 0.2) is 29.6 Å². The average Bonchev–Trinajstić information content (AvgIpc) is 3.01. The van der Waals surface area contributed by atoms with E-state index in [1.54, 1.807) is 11.3 Å². The van der Waals surface area contributed by atoms with Crippen molar-refractivity contribution in [2.75, 3.05) is 5.73 Å². The minimum absolute atomic E-state index is 0.0237. The van der Waals surface area contributed by atoms with Crippen molar-refractivity contribution in [3.8, 4) is 0 Å². The highest BCUT2D eigenvalue weighted by Gasteiger charge is 2.24. The van der Waals surface area contributed by atoms with E-state index >= 15 is 0 Å². The minimum Gasteiger partial charge on any atom is -0.369 e. The molecule has 2 N–H and O–H groups in total. The van der Waals surface area contributed by atoms with Crippen molar-refractivity contribution < 1.29 is 4.39 Å². The number of benzene rings is 1. The SMILES string of the molecule is CC(C)C(c1cccs1)n1c(N)nc2cc(Cl)c(F)cc21. The van der Waals surface area contributed by atoms with Crippen LogP contribution in [-0.2, 0) is 0 Å². The number of aromatic nitrogens is 2. The number of thiophene rings is 1. The summed E-state index contributed by atoms with van der Waals surface area (Å²) in [6.45, 7) is 4.23. The lowest BCUT2D eigenvalue weighted by molar-refractivity contribution is 0.456. The molecule has 0 radical (unpaired) electrons. The first-order valence-corrected chi connectivity index (χ1v) is 7.90. The molecule has 21 heavy (non-hydrogen) atoms. The Hall–Kier alpha value is -1.59. The molecule has 2 heterocycles. The summed E-state index contributed by atoms with van der Waals surface area (Å²) in [4.78, 5) is 5.50. The molecule has 0 aliphatic rings.